The summed E-state index contributed by atoms with van der Waals surface area (Å²) in [5.41, 5.74) is 1.39. The topological polar surface area (TPSA) is 61.6 Å². The lowest BCUT2D eigenvalue weighted by atomic mass is 10.3. The SMILES string of the molecule is Cc1cc(C#N)nc(Nc2ccc(F)cc2Cl)n1. The Morgan fingerprint density at radius 2 is 2.11 bits per heavy atom. The predicted octanol–water partition coefficient (Wildman–Crippen LogP) is 3.19. The molecule has 2 aromatic rings. The zero-order valence-corrected chi connectivity index (χ0v) is 10.2. The summed E-state index contributed by atoms with van der Waals surface area (Å²) in [5, 5.41) is 11.9. The molecule has 18 heavy (non-hydrogen) atoms. The second-order valence-corrected chi connectivity index (χ2v) is 3.99. The number of nitriles is 1. The number of benzene rings is 1. The minimum Gasteiger partial charge on any atom is -0.323 e. The Balaban J connectivity index is 2.34. The molecule has 0 saturated heterocycles. The molecule has 1 heterocycles. The first-order chi connectivity index (χ1) is 8.58. The summed E-state index contributed by atoms with van der Waals surface area (Å²) in [6.07, 6.45) is 0. The van der Waals surface area contributed by atoms with E-state index in [1.165, 1.54) is 18.2 Å². The lowest BCUT2D eigenvalue weighted by Crippen LogP contribution is -2.00. The summed E-state index contributed by atoms with van der Waals surface area (Å²) in [6, 6.07) is 7.44. The van der Waals surface area contributed by atoms with E-state index in [-0.39, 0.29) is 16.7 Å². The Morgan fingerprint density at radius 1 is 1.33 bits per heavy atom. The monoisotopic (exact) mass is 262 g/mol. The third-order valence-corrected chi connectivity index (χ3v) is 2.46. The van der Waals surface area contributed by atoms with Gasteiger partial charge in [-0.3, -0.25) is 0 Å². The molecule has 0 aliphatic heterocycles. The average Bonchev–Trinajstić information content (AvgIpc) is 2.32. The molecule has 1 aromatic carbocycles. The zero-order chi connectivity index (χ0) is 13.1. The van der Waals surface area contributed by atoms with Crippen LogP contribution in [0.5, 0.6) is 0 Å². The molecule has 0 amide bonds. The fourth-order valence-electron chi connectivity index (χ4n) is 1.39. The molecule has 2 rings (SSSR count). The average molecular weight is 263 g/mol. The van der Waals surface area contributed by atoms with Crippen LogP contribution in [0.1, 0.15) is 11.4 Å². The number of aromatic nitrogens is 2. The van der Waals surface area contributed by atoms with Crippen LogP contribution >= 0.6 is 11.6 Å². The first-order valence-corrected chi connectivity index (χ1v) is 5.44. The van der Waals surface area contributed by atoms with Gasteiger partial charge in [-0.2, -0.15) is 5.26 Å². The van der Waals surface area contributed by atoms with Crippen LogP contribution in [0.2, 0.25) is 5.02 Å². The second-order valence-electron chi connectivity index (χ2n) is 3.58. The molecule has 0 spiro atoms. The van der Waals surface area contributed by atoms with Crippen LogP contribution in [-0.4, -0.2) is 9.97 Å². The number of aryl methyl sites for hydroxylation is 1. The summed E-state index contributed by atoms with van der Waals surface area (Å²) in [5.74, 6) is -0.173. The van der Waals surface area contributed by atoms with Gasteiger partial charge in [-0.1, -0.05) is 11.6 Å². The number of halogens is 2. The molecular weight excluding hydrogens is 255 g/mol. The van der Waals surface area contributed by atoms with E-state index in [1.807, 2.05) is 6.07 Å². The van der Waals surface area contributed by atoms with Crippen LogP contribution < -0.4 is 5.32 Å². The highest BCUT2D eigenvalue weighted by Crippen LogP contribution is 2.24. The highest BCUT2D eigenvalue weighted by molar-refractivity contribution is 6.33. The molecule has 0 saturated carbocycles. The van der Waals surface area contributed by atoms with E-state index >= 15 is 0 Å². The van der Waals surface area contributed by atoms with E-state index in [2.05, 4.69) is 15.3 Å². The highest BCUT2D eigenvalue weighted by atomic mass is 35.5. The van der Waals surface area contributed by atoms with E-state index in [0.29, 0.717) is 11.4 Å². The van der Waals surface area contributed by atoms with Gasteiger partial charge in [0.2, 0.25) is 5.95 Å². The third kappa shape index (κ3) is 2.73. The number of hydrogen-bond acceptors (Lipinski definition) is 4. The van der Waals surface area contributed by atoms with Crippen molar-refractivity contribution < 1.29 is 4.39 Å². The van der Waals surface area contributed by atoms with Gasteiger partial charge in [0.1, 0.15) is 17.6 Å². The van der Waals surface area contributed by atoms with Crippen molar-refractivity contribution in [2.45, 2.75) is 6.92 Å². The Kier molecular flexibility index (Phi) is 3.40. The first-order valence-electron chi connectivity index (χ1n) is 5.06. The summed E-state index contributed by atoms with van der Waals surface area (Å²) in [4.78, 5) is 8.09. The molecular formula is C12H8ClFN4. The minimum absolute atomic E-state index is 0.221. The fourth-order valence-corrected chi connectivity index (χ4v) is 1.61. The third-order valence-electron chi connectivity index (χ3n) is 2.15. The lowest BCUT2D eigenvalue weighted by molar-refractivity contribution is 0.628. The Hall–Kier alpha value is -2.19. The van der Waals surface area contributed by atoms with Crippen LogP contribution in [0.3, 0.4) is 0 Å². The number of anilines is 2. The van der Waals surface area contributed by atoms with E-state index < -0.39 is 5.82 Å². The molecule has 4 nitrogen and oxygen atoms in total. The first kappa shape index (κ1) is 12.3. The van der Waals surface area contributed by atoms with Gasteiger partial charge in [-0.15, -0.1) is 0 Å². The summed E-state index contributed by atoms with van der Waals surface area (Å²) in [6.45, 7) is 1.75. The summed E-state index contributed by atoms with van der Waals surface area (Å²) < 4.78 is 12.9. The Labute approximate surface area is 108 Å². The van der Waals surface area contributed by atoms with Gasteiger partial charge in [0.15, 0.2) is 0 Å². The van der Waals surface area contributed by atoms with Crippen molar-refractivity contribution in [1.82, 2.24) is 9.97 Å². The minimum atomic E-state index is -0.423. The smallest absolute Gasteiger partial charge is 0.228 e. The quantitative estimate of drug-likeness (QED) is 0.903. The number of rotatable bonds is 2. The summed E-state index contributed by atoms with van der Waals surface area (Å²) in [7, 11) is 0. The maximum atomic E-state index is 12.9. The van der Waals surface area contributed by atoms with Crippen LogP contribution in [0.15, 0.2) is 24.3 Å². The fraction of sp³-hybridized carbons (Fsp3) is 0.0833. The molecule has 6 heteroatoms. The normalized spacial score (nSPS) is 9.89. The van der Waals surface area contributed by atoms with Gasteiger partial charge in [-0.05, 0) is 31.2 Å². The van der Waals surface area contributed by atoms with Gasteiger partial charge in [0.05, 0.1) is 10.7 Å². The van der Waals surface area contributed by atoms with E-state index in [4.69, 9.17) is 16.9 Å². The van der Waals surface area contributed by atoms with E-state index in [0.717, 1.165) is 0 Å². The van der Waals surface area contributed by atoms with Gasteiger partial charge < -0.3 is 5.32 Å². The lowest BCUT2D eigenvalue weighted by Gasteiger charge is -2.07. The molecule has 0 atom stereocenters. The number of nitrogens with zero attached hydrogens (tertiary/aromatic N) is 3. The molecule has 1 N–H and O–H groups in total. The van der Waals surface area contributed by atoms with Crippen LogP contribution in [0.4, 0.5) is 16.0 Å². The van der Waals surface area contributed by atoms with Crippen molar-refractivity contribution >= 4 is 23.2 Å². The predicted molar refractivity (Wildman–Crippen MR) is 66.2 cm³/mol. The Morgan fingerprint density at radius 3 is 2.78 bits per heavy atom. The van der Waals surface area contributed by atoms with Crippen LogP contribution in [0.25, 0.3) is 0 Å². The maximum absolute atomic E-state index is 12.9. The molecule has 0 bridgehead atoms. The van der Waals surface area contributed by atoms with Crippen LogP contribution in [0, 0.1) is 24.1 Å². The van der Waals surface area contributed by atoms with Gasteiger partial charge in [0.25, 0.3) is 0 Å². The molecule has 0 aliphatic rings. The van der Waals surface area contributed by atoms with Gasteiger partial charge in [-0.25, -0.2) is 14.4 Å². The summed E-state index contributed by atoms with van der Waals surface area (Å²) >= 11 is 5.87. The number of nitrogens with one attached hydrogen (secondary N) is 1. The molecule has 0 fully saturated rings. The van der Waals surface area contributed by atoms with Gasteiger partial charge in [0, 0.05) is 5.69 Å². The molecule has 0 radical (unpaired) electrons. The van der Waals surface area contributed by atoms with Crippen molar-refractivity contribution in [3.63, 3.8) is 0 Å². The van der Waals surface area contributed by atoms with E-state index in [9.17, 15) is 4.39 Å². The zero-order valence-electron chi connectivity index (χ0n) is 9.41. The Bertz CT molecular complexity index is 636. The molecule has 0 aliphatic carbocycles. The van der Waals surface area contributed by atoms with E-state index in [1.54, 1.807) is 13.0 Å². The highest BCUT2D eigenvalue weighted by Gasteiger charge is 2.06. The molecule has 1 aromatic heterocycles. The van der Waals surface area contributed by atoms with Crippen molar-refractivity contribution in [3.8, 4) is 6.07 Å². The van der Waals surface area contributed by atoms with Crippen molar-refractivity contribution in [2.75, 3.05) is 5.32 Å². The largest absolute Gasteiger partial charge is 0.323 e. The van der Waals surface area contributed by atoms with Crippen molar-refractivity contribution in [1.29, 1.82) is 5.26 Å². The maximum Gasteiger partial charge on any atom is 0.228 e. The second kappa shape index (κ2) is 4.98. The number of hydrogen-bond donors (Lipinski definition) is 1. The van der Waals surface area contributed by atoms with Crippen molar-refractivity contribution in [2.24, 2.45) is 0 Å². The van der Waals surface area contributed by atoms with Gasteiger partial charge >= 0.3 is 0 Å². The molecule has 90 valence electrons. The standard InChI is InChI=1S/C12H8ClFN4/c1-7-4-9(6-15)17-12(16-7)18-11-3-2-8(14)5-10(11)13/h2-5H,1H3,(H,16,17,18). The molecule has 0 unspecified atom stereocenters. The van der Waals surface area contributed by atoms with Crippen LogP contribution in [-0.2, 0) is 0 Å². The van der Waals surface area contributed by atoms with Crippen molar-refractivity contribution in [3.05, 3.63) is 46.5 Å².